The lowest BCUT2D eigenvalue weighted by Gasteiger charge is -2.33. The first-order chi connectivity index (χ1) is 14.3. The second-order valence-corrected chi connectivity index (χ2v) is 8.04. The number of carbonyl (C=O) groups excluding carboxylic acids is 1. The van der Waals surface area contributed by atoms with Crippen LogP contribution in [0.3, 0.4) is 0 Å². The average molecular weight is 399 g/mol. The average Bonchev–Trinajstić information content (AvgIpc) is 3.43. The summed E-state index contributed by atoms with van der Waals surface area (Å²) in [6.45, 7) is 2.76. The number of hydrogen-bond donors (Lipinski definition) is 0. The zero-order valence-corrected chi connectivity index (χ0v) is 16.3. The van der Waals surface area contributed by atoms with Crippen LogP contribution in [0, 0.1) is 0 Å². The van der Waals surface area contributed by atoms with Gasteiger partial charge < -0.3 is 18.9 Å². The minimum Gasteiger partial charge on any atom is -0.446 e. The summed E-state index contributed by atoms with van der Waals surface area (Å²) >= 11 is 0. The summed E-state index contributed by atoms with van der Waals surface area (Å²) in [6.07, 6.45) is 7.17. The smallest absolute Gasteiger partial charge is 0.410 e. The fourth-order valence-corrected chi connectivity index (χ4v) is 4.01. The number of hydrogen-bond acceptors (Lipinski definition) is 8. The van der Waals surface area contributed by atoms with E-state index in [2.05, 4.69) is 20.1 Å². The second-order valence-electron chi connectivity index (χ2n) is 8.04. The number of piperidine rings is 1. The maximum Gasteiger partial charge on any atom is 0.410 e. The predicted molar refractivity (Wildman–Crippen MR) is 101 cm³/mol. The number of carbonyl (C=O) groups is 1. The Labute approximate surface area is 168 Å². The quantitative estimate of drug-likeness (QED) is 0.773. The van der Waals surface area contributed by atoms with Crippen molar-refractivity contribution in [3.05, 3.63) is 23.9 Å². The van der Waals surface area contributed by atoms with Crippen LogP contribution in [0.1, 0.15) is 61.9 Å². The van der Waals surface area contributed by atoms with Crippen molar-refractivity contribution in [3.8, 4) is 11.6 Å². The van der Waals surface area contributed by atoms with E-state index in [-0.39, 0.29) is 18.1 Å². The standard InChI is InChI=1S/C20H25N5O4/c26-20(28-15-2-1-3-15)25-7-4-13(5-8-25)18-23-19(29-24-18)17-10-16(21-12-22-17)14-6-9-27-11-14/h10,12-15H,1-9,11H2. The fraction of sp³-hybridized carbons (Fsp3) is 0.650. The number of ether oxygens (including phenoxy) is 2. The van der Waals surface area contributed by atoms with Crippen LogP contribution in [-0.4, -0.2) is 63.5 Å². The molecule has 2 aromatic rings. The summed E-state index contributed by atoms with van der Waals surface area (Å²) in [6, 6.07) is 1.91. The van der Waals surface area contributed by atoms with Crippen LogP contribution in [0.5, 0.6) is 0 Å². The largest absolute Gasteiger partial charge is 0.446 e. The van der Waals surface area contributed by atoms with Crippen molar-refractivity contribution in [2.24, 2.45) is 0 Å². The van der Waals surface area contributed by atoms with Crippen molar-refractivity contribution in [2.45, 2.75) is 56.5 Å². The normalized spacial score (nSPS) is 23.2. The van der Waals surface area contributed by atoms with Crippen LogP contribution >= 0.6 is 0 Å². The summed E-state index contributed by atoms with van der Waals surface area (Å²) in [5, 5.41) is 4.18. The molecule has 29 heavy (non-hydrogen) atoms. The molecule has 1 atom stereocenters. The third-order valence-electron chi connectivity index (χ3n) is 6.14. The van der Waals surface area contributed by atoms with E-state index in [0.29, 0.717) is 43.0 Å². The monoisotopic (exact) mass is 399 g/mol. The van der Waals surface area contributed by atoms with E-state index in [1.54, 1.807) is 11.2 Å². The molecular weight excluding hydrogens is 374 g/mol. The van der Waals surface area contributed by atoms with E-state index in [0.717, 1.165) is 50.8 Å². The lowest BCUT2D eigenvalue weighted by Crippen LogP contribution is -2.41. The maximum absolute atomic E-state index is 12.2. The Morgan fingerprint density at radius 3 is 2.69 bits per heavy atom. The molecule has 0 bridgehead atoms. The van der Waals surface area contributed by atoms with E-state index in [1.165, 1.54) is 0 Å². The van der Waals surface area contributed by atoms with Crippen molar-refractivity contribution >= 4 is 6.09 Å². The highest BCUT2D eigenvalue weighted by atomic mass is 16.6. The molecule has 9 nitrogen and oxygen atoms in total. The van der Waals surface area contributed by atoms with E-state index in [9.17, 15) is 4.79 Å². The zero-order valence-electron chi connectivity index (χ0n) is 16.3. The Hall–Kier alpha value is -2.55. The third-order valence-corrected chi connectivity index (χ3v) is 6.14. The highest BCUT2D eigenvalue weighted by Gasteiger charge is 2.30. The molecule has 0 N–H and O–H groups in total. The third kappa shape index (κ3) is 3.96. The van der Waals surface area contributed by atoms with Crippen LogP contribution in [0.25, 0.3) is 11.6 Å². The molecule has 1 amide bonds. The molecule has 2 aliphatic heterocycles. The molecule has 1 aliphatic carbocycles. The van der Waals surface area contributed by atoms with E-state index in [4.69, 9.17) is 14.0 Å². The Bertz CT molecular complexity index is 854. The molecule has 1 unspecified atom stereocenters. The van der Waals surface area contributed by atoms with Crippen LogP contribution in [-0.2, 0) is 9.47 Å². The highest BCUT2D eigenvalue weighted by Crippen LogP contribution is 2.30. The topological polar surface area (TPSA) is 103 Å². The van der Waals surface area contributed by atoms with Crippen molar-refractivity contribution in [1.29, 1.82) is 0 Å². The first kappa shape index (κ1) is 18.5. The SMILES string of the molecule is O=C(OC1CCC1)N1CCC(c2noc(-c3cc(C4CCOC4)ncn3)n2)CC1. The van der Waals surface area contributed by atoms with Crippen LogP contribution in [0.2, 0.25) is 0 Å². The molecule has 4 heterocycles. The minimum atomic E-state index is -0.189. The summed E-state index contributed by atoms with van der Waals surface area (Å²) in [5.41, 5.74) is 1.59. The molecule has 3 fully saturated rings. The highest BCUT2D eigenvalue weighted by molar-refractivity contribution is 5.68. The molecule has 9 heteroatoms. The van der Waals surface area contributed by atoms with E-state index >= 15 is 0 Å². The van der Waals surface area contributed by atoms with Gasteiger partial charge in [0.15, 0.2) is 5.82 Å². The van der Waals surface area contributed by atoms with Gasteiger partial charge in [-0.2, -0.15) is 4.98 Å². The number of likely N-dealkylation sites (tertiary alicyclic amines) is 1. The Morgan fingerprint density at radius 2 is 1.97 bits per heavy atom. The Balaban J connectivity index is 1.21. The number of nitrogens with zero attached hydrogens (tertiary/aromatic N) is 5. The van der Waals surface area contributed by atoms with Crippen LogP contribution in [0.4, 0.5) is 4.79 Å². The summed E-state index contributed by atoms with van der Waals surface area (Å²) in [7, 11) is 0. The zero-order chi connectivity index (χ0) is 19.6. The molecule has 2 saturated heterocycles. The predicted octanol–water partition coefficient (Wildman–Crippen LogP) is 2.90. The van der Waals surface area contributed by atoms with E-state index < -0.39 is 0 Å². The van der Waals surface area contributed by atoms with Gasteiger partial charge in [-0.15, -0.1) is 0 Å². The fourth-order valence-electron chi connectivity index (χ4n) is 4.01. The van der Waals surface area contributed by atoms with E-state index in [1.807, 2.05) is 6.07 Å². The van der Waals surface area contributed by atoms with Crippen molar-refractivity contribution in [1.82, 2.24) is 25.0 Å². The summed E-state index contributed by atoms with van der Waals surface area (Å²) in [4.78, 5) is 27.2. The van der Waals surface area contributed by atoms with Crippen LogP contribution in [0.15, 0.2) is 16.9 Å². The molecule has 0 radical (unpaired) electrons. The van der Waals surface area contributed by atoms with Gasteiger partial charge in [-0.1, -0.05) is 5.16 Å². The van der Waals surface area contributed by atoms with Gasteiger partial charge in [-0.05, 0) is 44.6 Å². The summed E-state index contributed by atoms with van der Waals surface area (Å²) in [5.74, 6) is 1.55. The van der Waals surface area contributed by atoms with Gasteiger partial charge in [0.2, 0.25) is 0 Å². The minimum absolute atomic E-state index is 0.119. The van der Waals surface area contributed by atoms with Gasteiger partial charge >= 0.3 is 6.09 Å². The molecule has 1 saturated carbocycles. The number of aromatic nitrogens is 4. The molecule has 3 aliphatic rings. The first-order valence-corrected chi connectivity index (χ1v) is 10.5. The molecule has 0 spiro atoms. The lowest BCUT2D eigenvalue weighted by molar-refractivity contribution is 0.0223. The van der Waals surface area contributed by atoms with Gasteiger partial charge in [0, 0.05) is 31.5 Å². The summed E-state index contributed by atoms with van der Waals surface area (Å²) < 4.78 is 16.4. The van der Waals surface area contributed by atoms with Crippen LogP contribution < -0.4 is 0 Å². The Morgan fingerprint density at radius 1 is 1.10 bits per heavy atom. The van der Waals surface area contributed by atoms with Gasteiger partial charge in [0.05, 0.1) is 12.3 Å². The molecule has 154 valence electrons. The number of rotatable bonds is 4. The van der Waals surface area contributed by atoms with Crippen molar-refractivity contribution < 1.29 is 18.8 Å². The van der Waals surface area contributed by atoms with Crippen molar-refractivity contribution in [3.63, 3.8) is 0 Å². The molecule has 0 aromatic carbocycles. The van der Waals surface area contributed by atoms with Gasteiger partial charge in [-0.3, -0.25) is 0 Å². The lowest BCUT2D eigenvalue weighted by atomic mass is 9.96. The Kier molecular flexibility index (Phi) is 5.13. The maximum atomic E-state index is 12.2. The molecule has 5 rings (SSSR count). The van der Waals surface area contributed by atoms with Gasteiger partial charge in [0.1, 0.15) is 18.1 Å². The van der Waals surface area contributed by atoms with Gasteiger partial charge in [0.25, 0.3) is 5.89 Å². The molecule has 2 aromatic heterocycles. The van der Waals surface area contributed by atoms with Crippen molar-refractivity contribution in [2.75, 3.05) is 26.3 Å². The second kappa shape index (κ2) is 8.06. The molecular formula is C20H25N5O4. The number of amides is 1. The van der Waals surface area contributed by atoms with Gasteiger partial charge in [-0.25, -0.2) is 14.8 Å². The first-order valence-electron chi connectivity index (χ1n) is 10.5.